The van der Waals surface area contributed by atoms with Gasteiger partial charge in [-0.25, -0.2) is 9.37 Å². The summed E-state index contributed by atoms with van der Waals surface area (Å²) in [6.45, 7) is 2.51. The molecule has 1 atom stereocenters. The van der Waals surface area contributed by atoms with E-state index in [9.17, 15) is 28.7 Å². The molecular formula is C16H14FN4O5S-. The Labute approximate surface area is 156 Å². The molecule has 0 bridgehead atoms. The average molecular weight is 393 g/mol. The highest BCUT2D eigenvalue weighted by atomic mass is 32.2. The predicted octanol–water partition coefficient (Wildman–Crippen LogP) is 0.350. The molecule has 0 fully saturated rings. The fourth-order valence-corrected chi connectivity index (χ4v) is 2.61. The second-order valence-electron chi connectivity index (χ2n) is 5.32. The van der Waals surface area contributed by atoms with Crippen LogP contribution in [0.15, 0.2) is 34.2 Å². The second kappa shape index (κ2) is 8.45. The van der Waals surface area contributed by atoms with E-state index in [1.165, 1.54) is 26.0 Å². The number of carbonyl (C=O) groups is 3. The summed E-state index contributed by atoms with van der Waals surface area (Å²) in [4.78, 5) is 53.1. The summed E-state index contributed by atoms with van der Waals surface area (Å²) in [6.07, 6.45) is 0. The van der Waals surface area contributed by atoms with Crippen molar-refractivity contribution in [2.24, 2.45) is 0 Å². The highest BCUT2D eigenvalue weighted by molar-refractivity contribution is 8.00. The molecule has 27 heavy (non-hydrogen) atoms. The van der Waals surface area contributed by atoms with Crippen LogP contribution in [-0.2, 0) is 9.59 Å². The lowest BCUT2D eigenvalue weighted by Crippen LogP contribution is -2.32. The van der Waals surface area contributed by atoms with E-state index in [-0.39, 0.29) is 22.2 Å². The topological polar surface area (TPSA) is 144 Å². The summed E-state index contributed by atoms with van der Waals surface area (Å²) >= 11 is 0.698. The number of rotatable bonds is 6. The van der Waals surface area contributed by atoms with Crippen molar-refractivity contribution in [1.82, 2.24) is 9.97 Å². The van der Waals surface area contributed by atoms with Gasteiger partial charge in [-0.15, -0.1) is 0 Å². The number of nitrogens with one attached hydrogen (secondary N) is 3. The van der Waals surface area contributed by atoms with Gasteiger partial charge >= 0.3 is 0 Å². The number of hydrogen-bond acceptors (Lipinski definition) is 7. The molecule has 11 heteroatoms. The van der Waals surface area contributed by atoms with E-state index in [0.717, 1.165) is 12.1 Å². The first-order valence-corrected chi connectivity index (χ1v) is 8.41. The standard InChI is InChI=1S/C16H15FN4O5S/c1-7(15(25)26)27-16-20-12(18-8(2)22)11(14(24)21-16)19-13(23)9-3-5-10(17)6-4-9/h3-7H,1-2H3,(H,19,23)(H,25,26)(H2,18,20,21,22,24)/p-1/t7-/m1/s1. The van der Waals surface area contributed by atoms with Gasteiger partial charge in [-0.1, -0.05) is 11.8 Å². The molecule has 9 nitrogen and oxygen atoms in total. The maximum Gasteiger partial charge on any atom is 0.277 e. The molecule has 3 N–H and O–H groups in total. The van der Waals surface area contributed by atoms with Crippen molar-refractivity contribution in [3.8, 4) is 0 Å². The van der Waals surface area contributed by atoms with Crippen LogP contribution in [0, 0.1) is 5.82 Å². The van der Waals surface area contributed by atoms with E-state index in [0.29, 0.717) is 11.8 Å². The molecule has 0 aliphatic carbocycles. The Bertz CT molecular complexity index is 945. The third-order valence-corrected chi connectivity index (χ3v) is 4.12. The molecule has 2 amide bonds. The monoisotopic (exact) mass is 393 g/mol. The lowest BCUT2D eigenvalue weighted by Gasteiger charge is -2.14. The van der Waals surface area contributed by atoms with Crippen molar-refractivity contribution < 1.29 is 23.9 Å². The zero-order valence-corrected chi connectivity index (χ0v) is 15.0. The number of thioether (sulfide) groups is 1. The number of carboxylic acid groups (broad SMARTS) is 1. The van der Waals surface area contributed by atoms with Gasteiger partial charge in [0, 0.05) is 17.7 Å². The van der Waals surface area contributed by atoms with Gasteiger partial charge in [0.25, 0.3) is 11.5 Å². The van der Waals surface area contributed by atoms with Crippen LogP contribution in [0.25, 0.3) is 0 Å². The highest BCUT2D eigenvalue weighted by Crippen LogP contribution is 2.23. The van der Waals surface area contributed by atoms with Gasteiger partial charge in [0.2, 0.25) is 5.91 Å². The van der Waals surface area contributed by atoms with Crippen molar-refractivity contribution in [1.29, 1.82) is 0 Å². The molecule has 0 unspecified atom stereocenters. The van der Waals surface area contributed by atoms with Crippen LogP contribution in [0.3, 0.4) is 0 Å². The van der Waals surface area contributed by atoms with Crippen LogP contribution in [0.1, 0.15) is 24.2 Å². The molecule has 1 aromatic carbocycles. The van der Waals surface area contributed by atoms with Crippen molar-refractivity contribution in [2.45, 2.75) is 24.3 Å². The number of aliphatic carboxylic acids is 1. The third kappa shape index (κ3) is 5.38. The Morgan fingerprint density at radius 1 is 1.22 bits per heavy atom. The molecule has 0 spiro atoms. The Balaban J connectivity index is 2.37. The van der Waals surface area contributed by atoms with Gasteiger partial charge in [0.15, 0.2) is 16.7 Å². The van der Waals surface area contributed by atoms with E-state index < -0.39 is 34.4 Å². The van der Waals surface area contributed by atoms with Gasteiger partial charge in [0.1, 0.15) is 5.82 Å². The van der Waals surface area contributed by atoms with Crippen LogP contribution in [-0.4, -0.2) is 33.0 Å². The fourth-order valence-electron chi connectivity index (χ4n) is 1.88. The van der Waals surface area contributed by atoms with Gasteiger partial charge in [-0.3, -0.25) is 19.4 Å². The number of H-pyrrole nitrogens is 1. The molecule has 2 rings (SSSR count). The van der Waals surface area contributed by atoms with Gasteiger partial charge < -0.3 is 20.5 Å². The first-order valence-electron chi connectivity index (χ1n) is 7.53. The van der Waals surface area contributed by atoms with Crippen molar-refractivity contribution >= 4 is 41.1 Å². The molecule has 0 aliphatic heterocycles. The molecule has 0 saturated carbocycles. The number of hydrogen-bond donors (Lipinski definition) is 3. The largest absolute Gasteiger partial charge is 0.549 e. The van der Waals surface area contributed by atoms with Gasteiger partial charge in [-0.2, -0.15) is 0 Å². The zero-order chi connectivity index (χ0) is 20.1. The number of aromatic nitrogens is 2. The lowest BCUT2D eigenvalue weighted by atomic mass is 10.2. The maximum atomic E-state index is 13.0. The second-order valence-corrected chi connectivity index (χ2v) is 6.65. The first kappa shape index (κ1) is 20.1. The zero-order valence-electron chi connectivity index (χ0n) is 14.2. The SMILES string of the molecule is CC(=O)Nc1nc(S[C@H](C)C(=O)[O-])[nH]c(=O)c1NC(=O)c1ccc(F)cc1. The Morgan fingerprint density at radius 3 is 2.41 bits per heavy atom. The predicted molar refractivity (Wildman–Crippen MR) is 93.8 cm³/mol. The van der Waals surface area contributed by atoms with Gasteiger partial charge in [-0.05, 0) is 31.2 Å². The minimum atomic E-state index is -1.36. The quantitative estimate of drug-likeness (QED) is 0.474. The van der Waals surface area contributed by atoms with E-state index in [2.05, 4.69) is 20.6 Å². The van der Waals surface area contributed by atoms with E-state index >= 15 is 0 Å². The Morgan fingerprint density at radius 2 is 1.85 bits per heavy atom. The number of carboxylic acids is 1. The summed E-state index contributed by atoms with van der Waals surface area (Å²) in [5.41, 5.74) is -1.07. The number of benzene rings is 1. The smallest absolute Gasteiger partial charge is 0.277 e. The molecule has 1 heterocycles. The Hall–Kier alpha value is -3.21. The van der Waals surface area contributed by atoms with Gasteiger partial charge in [0.05, 0.1) is 5.97 Å². The normalized spacial score (nSPS) is 11.5. The lowest BCUT2D eigenvalue weighted by molar-refractivity contribution is -0.304. The summed E-state index contributed by atoms with van der Waals surface area (Å²) in [5.74, 6) is -3.44. The summed E-state index contributed by atoms with van der Waals surface area (Å²) in [6, 6.07) is 4.59. The molecule has 142 valence electrons. The first-order chi connectivity index (χ1) is 12.7. The van der Waals surface area contributed by atoms with Crippen LogP contribution >= 0.6 is 11.8 Å². The van der Waals surface area contributed by atoms with Crippen LogP contribution < -0.4 is 21.3 Å². The van der Waals surface area contributed by atoms with Crippen molar-refractivity contribution in [2.75, 3.05) is 10.6 Å². The minimum Gasteiger partial charge on any atom is -0.549 e. The van der Waals surface area contributed by atoms with Crippen LogP contribution in [0.5, 0.6) is 0 Å². The van der Waals surface area contributed by atoms with Crippen molar-refractivity contribution in [3.63, 3.8) is 0 Å². The van der Waals surface area contributed by atoms with E-state index in [1.54, 1.807) is 0 Å². The average Bonchev–Trinajstić information content (AvgIpc) is 2.57. The molecule has 0 aliphatic rings. The number of amides is 2. The number of halogens is 1. The summed E-state index contributed by atoms with van der Waals surface area (Å²) in [5, 5.41) is 14.3. The number of nitrogens with zero attached hydrogens (tertiary/aromatic N) is 1. The summed E-state index contributed by atoms with van der Waals surface area (Å²) in [7, 11) is 0. The molecule has 0 saturated heterocycles. The number of aromatic amines is 1. The van der Waals surface area contributed by atoms with Crippen LogP contribution in [0.4, 0.5) is 15.9 Å². The molecule has 2 aromatic rings. The van der Waals surface area contributed by atoms with Crippen LogP contribution in [0.2, 0.25) is 0 Å². The van der Waals surface area contributed by atoms with Crippen molar-refractivity contribution in [3.05, 3.63) is 46.0 Å². The van der Waals surface area contributed by atoms with E-state index in [4.69, 9.17) is 0 Å². The van der Waals surface area contributed by atoms with E-state index in [1.807, 2.05) is 0 Å². The molecule has 1 aromatic heterocycles. The highest BCUT2D eigenvalue weighted by Gasteiger charge is 2.18. The third-order valence-electron chi connectivity index (χ3n) is 3.16. The molecular weight excluding hydrogens is 379 g/mol. The number of anilines is 2. The fraction of sp³-hybridized carbons (Fsp3) is 0.188. The minimum absolute atomic E-state index is 0.0774. The number of carbonyl (C=O) groups excluding carboxylic acids is 3. The molecule has 0 radical (unpaired) electrons. The Kier molecular flexibility index (Phi) is 6.29. The summed E-state index contributed by atoms with van der Waals surface area (Å²) < 4.78 is 13.0. The maximum absolute atomic E-state index is 13.0.